The predicted octanol–water partition coefficient (Wildman–Crippen LogP) is 3.02. The molecule has 23 heavy (non-hydrogen) atoms. The zero-order chi connectivity index (χ0) is 16.3. The maximum absolute atomic E-state index is 12.4. The van der Waals surface area contributed by atoms with Gasteiger partial charge in [-0.1, -0.05) is 30.3 Å². The Hall–Kier alpha value is -2.80. The number of Topliss-reactive ketones (excluding diaryl/α,β-unsaturated/α-hetero) is 1. The van der Waals surface area contributed by atoms with Gasteiger partial charge < -0.3 is 0 Å². The number of nitrogens with one attached hydrogen (secondary N) is 1. The van der Waals surface area contributed by atoms with Crippen LogP contribution in [0.25, 0.3) is 0 Å². The standard InChI is InChI=1S/C16H13N3O3S/c20-16(15-10-11-17-18-15)13-8-4-5-9-14(13)19-23(21,22)12-6-2-1-3-7-12/h1-10,19H,11H2. The van der Waals surface area contributed by atoms with E-state index in [2.05, 4.69) is 15.0 Å². The molecule has 0 fully saturated rings. The average molecular weight is 327 g/mol. The molecule has 0 saturated carbocycles. The zero-order valence-corrected chi connectivity index (χ0v) is 12.8. The van der Waals surface area contributed by atoms with Crippen LogP contribution < -0.4 is 4.72 Å². The fourth-order valence-electron chi connectivity index (χ4n) is 2.13. The third-order valence-electron chi connectivity index (χ3n) is 3.25. The fraction of sp³-hybridized carbons (Fsp3) is 0.0625. The molecule has 2 aromatic rings. The van der Waals surface area contributed by atoms with E-state index in [1.54, 1.807) is 48.5 Å². The number of carbonyl (C=O) groups is 1. The summed E-state index contributed by atoms with van der Waals surface area (Å²) in [5, 5.41) is 7.50. The summed E-state index contributed by atoms with van der Waals surface area (Å²) in [6.07, 6.45) is 1.60. The highest BCUT2D eigenvalue weighted by molar-refractivity contribution is 7.92. The first-order valence-electron chi connectivity index (χ1n) is 6.87. The topological polar surface area (TPSA) is 88.0 Å². The van der Waals surface area contributed by atoms with Gasteiger partial charge in [0.15, 0.2) is 0 Å². The summed E-state index contributed by atoms with van der Waals surface area (Å²) in [6.45, 7) is 0.360. The van der Waals surface area contributed by atoms with Crippen LogP contribution in [-0.2, 0) is 10.0 Å². The Morgan fingerprint density at radius 3 is 2.39 bits per heavy atom. The number of nitrogens with zero attached hydrogens (tertiary/aromatic N) is 2. The molecule has 0 aliphatic carbocycles. The highest BCUT2D eigenvalue weighted by atomic mass is 32.2. The normalized spacial score (nSPS) is 13.7. The van der Waals surface area contributed by atoms with Gasteiger partial charge in [0.2, 0.25) is 5.78 Å². The number of allylic oxidation sites excluding steroid dienone is 1. The van der Waals surface area contributed by atoms with E-state index in [1.165, 1.54) is 12.1 Å². The largest absolute Gasteiger partial charge is 0.287 e. The summed E-state index contributed by atoms with van der Waals surface area (Å²) in [6, 6.07) is 14.4. The summed E-state index contributed by atoms with van der Waals surface area (Å²) in [5.74, 6) is -0.363. The van der Waals surface area contributed by atoms with E-state index in [1.807, 2.05) is 0 Å². The molecule has 0 atom stereocenters. The van der Waals surface area contributed by atoms with Gasteiger partial charge in [0.1, 0.15) is 5.70 Å². The Labute approximate surface area is 133 Å². The van der Waals surface area contributed by atoms with Gasteiger partial charge in [-0.2, -0.15) is 10.2 Å². The number of hydrogen-bond acceptors (Lipinski definition) is 5. The molecule has 3 rings (SSSR count). The molecule has 0 spiro atoms. The second kappa shape index (κ2) is 6.13. The Morgan fingerprint density at radius 1 is 1.00 bits per heavy atom. The number of carbonyl (C=O) groups excluding carboxylic acids is 1. The molecule has 2 aromatic carbocycles. The molecule has 1 aliphatic rings. The van der Waals surface area contributed by atoms with Crippen molar-refractivity contribution in [3.63, 3.8) is 0 Å². The first-order valence-corrected chi connectivity index (χ1v) is 8.35. The van der Waals surface area contributed by atoms with Gasteiger partial charge in [-0.05, 0) is 30.3 Å². The van der Waals surface area contributed by atoms with Gasteiger partial charge in [0.05, 0.1) is 17.1 Å². The number of anilines is 1. The van der Waals surface area contributed by atoms with Crippen LogP contribution in [0.2, 0.25) is 0 Å². The van der Waals surface area contributed by atoms with Crippen LogP contribution >= 0.6 is 0 Å². The Bertz CT molecular complexity index is 903. The van der Waals surface area contributed by atoms with Crippen LogP contribution in [0.4, 0.5) is 5.69 Å². The van der Waals surface area contributed by atoms with Gasteiger partial charge in [0, 0.05) is 5.56 Å². The molecule has 0 bridgehead atoms. The van der Waals surface area contributed by atoms with Crippen molar-refractivity contribution in [2.45, 2.75) is 4.90 Å². The monoisotopic (exact) mass is 327 g/mol. The molecular formula is C16H13N3O3S. The van der Waals surface area contributed by atoms with Crippen molar-refractivity contribution in [1.82, 2.24) is 0 Å². The van der Waals surface area contributed by atoms with E-state index < -0.39 is 10.0 Å². The van der Waals surface area contributed by atoms with Gasteiger partial charge in [-0.3, -0.25) is 9.52 Å². The van der Waals surface area contributed by atoms with Crippen molar-refractivity contribution in [2.24, 2.45) is 10.2 Å². The van der Waals surface area contributed by atoms with Crippen molar-refractivity contribution in [3.8, 4) is 0 Å². The molecule has 0 radical (unpaired) electrons. The Morgan fingerprint density at radius 2 is 1.70 bits per heavy atom. The van der Waals surface area contributed by atoms with Crippen LogP contribution in [0, 0.1) is 0 Å². The minimum absolute atomic E-state index is 0.127. The molecule has 116 valence electrons. The molecule has 0 amide bonds. The Balaban J connectivity index is 1.95. The second-order valence-electron chi connectivity index (χ2n) is 4.81. The third-order valence-corrected chi connectivity index (χ3v) is 4.63. The maximum atomic E-state index is 12.4. The number of ketones is 1. The summed E-state index contributed by atoms with van der Waals surface area (Å²) in [7, 11) is -3.77. The van der Waals surface area contributed by atoms with E-state index in [0.29, 0.717) is 6.54 Å². The maximum Gasteiger partial charge on any atom is 0.261 e. The molecule has 0 aromatic heterocycles. The smallest absolute Gasteiger partial charge is 0.261 e. The summed E-state index contributed by atoms with van der Waals surface area (Å²) >= 11 is 0. The van der Waals surface area contributed by atoms with Crippen molar-refractivity contribution in [3.05, 3.63) is 71.9 Å². The number of sulfonamides is 1. The van der Waals surface area contributed by atoms with Crippen molar-refractivity contribution in [2.75, 3.05) is 11.3 Å². The summed E-state index contributed by atoms with van der Waals surface area (Å²) in [5.41, 5.74) is 0.666. The van der Waals surface area contributed by atoms with Crippen LogP contribution in [0.5, 0.6) is 0 Å². The second-order valence-corrected chi connectivity index (χ2v) is 6.49. The van der Waals surface area contributed by atoms with Crippen molar-refractivity contribution < 1.29 is 13.2 Å². The first kappa shape index (κ1) is 15.1. The minimum atomic E-state index is -3.77. The van der Waals surface area contributed by atoms with Gasteiger partial charge in [0.25, 0.3) is 10.0 Å². The van der Waals surface area contributed by atoms with E-state index in [4.69, 9.17) is 0 Å². The zero-order valence-electron chi connectivity index (χ0n) is 12.0. The van der Waals surface area contributed by atoms with E-state index in [-0.39, 0.29) is 27.6 Å². The SMILES string of the molecule is O=C(C1=CCN=N1)c1ccccc1NS(=O)(=O)c1ccccc1. The molecular weight excluding hydrogens is 314 g/mol. The highest BCUT2D eigenvalue weighted by Gasteiger charge is 2.21. The number of para-hydroxylation sites is 1. The number of hydrogen-bond donors (Lipinski definition) is 1. The van der Waals surface area contributed by atoms with Crippen LogP contribution in [0.1, 0.15) is 10.4 Å². The van der Waals surface area contributed by atoms with Crippen LogP contribution in [0.15, 0.2) is 81.5 Å². The van der Waals surface area contributed by atoms with E-state index >= 15 is 0 Å². The average Bonchev–Trinajstić information content (AvgIpc) is 3.10. The lowest BCUT2D eigenvalue weighted by Gasteiger charge is -2.11. The predicted molar refractivity (Wildman–Crippen MR) is 85.8 cm³/mol. The van der Waals surface area contributed by atoms with Crippen molar-refractivity contribution in [1.29, 1.82) is 0 Å². The number of azo groups is 1. The molecule has 7 heteroatoms. The van der Waals surface area contributed by atoms with E-state index in [9.17, 15) is 13.2 Å². The van der Waals surface area contributed by atoms with Crippen LogP contribution in [0.3, 0.4) is 0 Å². The summed E-state index contributed by atoms with van der Waals surface area (Å²) < 4.78 is 27.3. The van der Waals surface area contributed by atoms with Crippen molar-refractivity contribution >= 4 is 21.5 Å². The molecule has 0 saturated heterocycles. The number of rotatable bonds is 5. The van der Waals surface area contributed by atoms with Gasteiger partial charge in [-0.15, -0.1) is 0 Å². The molecule has 1 N–H and O–H groups in total. The van der Waals surface area contributed by atoms with E-state index in [0.717, 1.165) is 0 Å². The third kappa shape index (κ3) is 3.19. The minimum Gasteiger partial charge on any atom is -0.287 e. The Kier molecular flexibility index (Phi) is 4.03. The molecule has 1 heterocycles. The lowest BCUT2D eigenvalue weighted by molar-refractivity contribution is 0.103. The summed E-state index contributed by atoms with van der Waals surface area (Å²) in [4.78, 5) is 12.6. The molecule has 1 aliphatic heterocycles. The van der Waals surface area contributed by atoms with Gasteiger partial charge in [-0.25, -0.2) is 8.42 Å². The lowest BCUT2D eigenvalue weighted by Crippen LogP contribution is -2.15. The molecule has 6 nitrogen and oxygen atoms in total. The lowest BCUT2D eigenvalue weighted by atomic mass is 10.1. The van der Waals surface area contributed by atoms with Gasteiger partial charge >= 0.3 is 0 Å². The van der Waals surface area contributed by atoms with Crippen LogP contribution in [-0.4, -0.2) is 20.7 Å². The molecule has 0 unspecified atom stereocenters. The first-order chi connectivity index (χ1) is 11.1. The highest BCUT2D eigenvalue weighted by Crippen LogP contribution is 2.24. The fourth-order valence-corrected chi connectivity index (χ4v) is 3.24. The quantitative estimate of drug-likeness (QED) is 0.856. The number of benzene rings is 2.